The average Bonchev–Trinajstić information content (AvgIpc) is 2.18. The predicted octanol–water partition coefficient (Wildman–Crippen LogP) is 2.62. The second-order valence-corrected chi connectivity index (χ2v) is 2.66. The van der Waals surface area contributed by atoms with Gasteiger partial charge in [-0.1, -0.05) is 18.2 Å². The summed E-state index contributed by atoms with van der Waals surface area (Å²) in [7, 11) is 1.62. The Labute approximate surface area is 78.1 Å². The summed E-state index contributed by atoms with van der Waals surface area (Å²) < 4.78 is 5.16. The molecule has 0 aliphatic rings. The molecule has 0 atom stereocenters. The maximum Gasteiger partial charge on any atom is 0.126 e. The Morgan fingerprint density at radius 3 is 2.77 bits per heavy atom. The quantitative estimate of drug-likeness (QED) is 0.644. The van der Waals surface area contributed by atoms with Crippen LogP contribution in [0.25, 0.3) is 5.57 Å². The monoisotopic (exact) mass is 173 g/mol. The first-order valence-corrected chi connectivity index (χ1v) is 3.99. The van der Waals surface area contributed by atoms with E-state index in [1.807, 2.05) is 37.3 Å². The number of hydrogen-bond acceptors (Lipinski definition) is 2. The predicted molar refractivity (Wildman–Crippen MR) is 52.3 cm³/mol. The van der Waals surface area contributed by atoms with Gasteiger partial charge in [-0.15, -0.1) is 0 Å². The third-order valence-electron chi connectivity index (χ3n) is 1.81. The van der Waals surface area contributed by atoms with Gasteiger partial charge in [0.05, 0.1) is 13.2 Å². The molecule has 0 fully saturated rings. The highest BCUT2D eigenvalue weighted by molar-refractivity contribution is 5.70. The van der Waals surface area contributed by atoms with Gasteiger partial charge in [-0.2, -0.15) is 5.26 Å². The Kier molecular flexibility index (Phi) is 3.10. The van der Waals surface area contributed by atoms with Gasteiger partial charge in [0.25, 0.3) is 0 Å². The second-order valence-electron chi connectivity index (χ2n) is 2.66. The molecular weight excluding hydrogens is 162 g/mol. The van der Waals surface area contributed by atoms with Crippen LogP contribution in [0.5, 0.6) is 5.75 Å². The Morgan fingerprint density at radius 2 is 2.15 bits per heavy atom. The number of nitrogens with zero attached hydrogens (tertiary/aromatic N) is 1. The smallest absolute Gasteiger partial charge is 0.126 e. The highest BCUT2D eigenvalue weighted by Crippen LogP contribution is 2.24. The number of ether oxygens (including phenoxy) is 1. The standard InChI is InChI=1S/C11H11NO/c1-9(7-8-12)10-5-3-4-6-11(10)13-2/h3-7H,1-2H3. The molecule has 0 unspecified atom stereocenters. The van der Waals surface area contributed by atoms with Gasteiger partial charge in [-0.25, -0.2) is 0 Å². The lowest BCUT2D eigenvalue weighted by Gasteiger charge is -2.06. The minimum atomic E-state index is 0.798. The van der Waals surface area contributed by atoms with Crippen LogP contribution >= 0.6 is 0 Å². The topological polar surface area (TPSA) is 33.0 Å². The van der Waals surface area contributed by atoms with Crippen molar-refractivity contribution in [1.29, 1.82) is 5.26 Å². The van der Waals surface area contributed by atoms with Crippen LogP contribution in [0.2, 0.25) is 0 Å². The molecule has 0 saturated carbocycles. The van der Waals surface area contributed by atoms with Crippen molar-refractivity contribution in [2.24, 2.45) is 0 Å². The van der Waals surface area contributed by atoms with Crippen LogP contribution in [0.15, 0.2) is 30.3 Å². The zero-order valence-electron chi connectivity index (χ0n) is 7.74. The van der Waals surface area contributed by atoms with E-state index in [2.05, 4.69) is 0 Å². The van der Waals surface area contributed by atoms with Gasteiger partial charge in [0, 0.05) is 11.6 Å². The van der Waals surface area contributed by atoms with E-state index in [0.717, 1.165) is 16.9 Å². The normalized spacial score (nSPS) is 10.7. The van der Waals surface area contributed by atoms with Gasteiger partial charge in [-0.05, 0) is 18.6 Å². The van der Waals surface area contributed by atoms with Gasteiger partial charge in [0.2, 0.25) is 0 Å². The van der Waals surface area contributed by atoms with Gasteiger partial charge in [0.1, 0.15) is 5.75 Å². The first kappa shape index (κ1) is 9.34. The number of nitriles is 1. The molecule has 2 nitrogen and oxygen atoms in total. The Balaban J connectivity index is 3.15. The molecule has 1 aromatic carbocycles. The first-order valence-electron chi connectivity index (χ1n) is 3.99. The number of allylic oxidation sites excluding steroid dienone is 2. The molecule has 0 aromatic heterocycles. The van der Waals surface area contributed by atoms with E-state index in [0.29, 0.717) is 0 Å². The van der Waals surface area contributed by atoms with Crippen molar-refractivity contribution in [2.45, 2.75) is 6.92 Å². The summed E-state index contributed by atoms with van der Waals surface area (Å²) in [6, 6.07) is 9.64. The third-order valence-corrected chi connectivity index (χ3v) is 1.81. The summed E-state index contributed by atoms with van der Waals surface area (Å²) in [4.78, 5) is 0. The van der Waals surface area contributed by atoms with Crippen molar-refractivity contribution in [3.63, 3.8) is 0 Å². The molecule has 0 radical (unpaired) electrons. The Bertz CT molecular complexity index is 361. The molecule has 13 heavy (non-hydrogen) atoms. The lowest BCUT2D eigenvalue weighted by atomic mass is 10.1. The number of methoxy groups -OCH3 is 1. The van der Waals surface area contributed by atoms with Crippen LogP contribution in [0, 0.1) is 11.3 Å². The summed E-state index contributed by atoms with van der Waals surface area (Å²) in [6.07, 6.45) is 1.51. The van der Waals surface area contributed by atoms with Crippen molar-refractivity contribution in [3.8, 4) is 11.8 Å². The van der Waals surface area contributed by atoms with Gasteiger partial charge < -0.3 is 4.74 Å². The van der Waals surface area contributed by atoms with Crippen LogP contribution < -0.4 is 4.74 Å². The summed E-state index contributed by atoms with van der Waals surface area (Å²) in [6.45, 7) is 1.89. The molecule has 0 spiro atoms. The molecule has 0 aliphatic carbocycles. The fourth-order valence-corrected chi connectivity index (χ4v) is 1.14. The zero-order valence-corrected chi connectivity index (χ0v) is 7.74. The summed E-state index contributed by atoms with van der Waals surface area (Å²) in [5.41, 5.74) is 1.88. The molecule has 1 aromatic rings. The first-order chi connectivity index (χ1) is 6.29. The summed E-state index contributed by atoms with van der Waals surface area (Å²) in [5.74, 6) is 0.798. The van der Waals surface area contributed by atoms with Gasteiger partial charge >= 0.3 is 0 Å². The lowest BCUT2D eigenvalue weighted by molar-refractivity contribution is 0.413. The van der Waals surface area contributed by atoms with E-state index < -0.39 is 0 Å². The summed E-state index contributed by atoms with van der Waals surface area (Å²) >= 11 is 0. The van der Waals surface area contributed by atoms with Gasteiger partial charge in [0.15, 0.2) is 0 Å². The number of hydrogen-bond donors (Lipinski definition) is 0. The van der Waals surface area contributed by atoms with E-state index in [1.165, 1.54) is 6.08 Å². The maximum absolute atomic E-state index is 8.49. The third kappa shape index (κ3) is 2.09. The van der Waals surface area contributed by atoms with E-state index in [4.69, 9.17) is 10.00 Å². The molecule has 0 heterocycles. The zero-order chi connectivity index (χ0) is 9.68. The SMILES string of the molecule is COc1ccccc1C(C)=CC#N. The molecule has 0 aliphatic heterocycles. The summed E-state index contributed by atoms with van der Waals surface area (Å²) in [5, 5.41) is 8.49. The van der Waals surface area contributed by atoms with Crippen LogP contribution in [-0.4, -0.2) is 7.11 Å². The number of rotatable bonds is 2. The van der Waals surface area contributed by atoms with Crippen molar-refractivity contribution in [2.75, 3.05) is 7.11 Å². The molecule has 0 saturated heterocycles. The Hall–Kier alpha value is -1.75. The van der Waals surface area contributed by atoms with Crippen LogP contribution in [-0.2, 0) is 0 Å². The van der Waals surface area contributed by atoms with Crippen molar-refractivity contribution in [1.82, 2.24) is 0 Å². The van der Waals surface area contributed by atoms with Crippen molar-refractivity contribution >= 4 is 5.57 Å². The highest BCUT2D eigenvalue weighted by Gasteiger charge is 2.01. The maximum atomic E-state index is 8.49. The molecule has 2 heteroatoms. The fraction of sp³-hybridized carbons (Fsp3) is 0.182. The molecule has 0 bridgehead atoms. The van der Waals surface area contributed by atoms with Gasteiger partial charge in [-0.3, -0.25) is 0 Å². The minimum absolute atomic E-state index is 0.798. The largest absolute Gasteiger partial charge is 0.496 e. The van der Waals surface area contributed by atoms with Crippen LogP contribution in [0.3, 0.4) is 0 Å². The molecule has 66 valence electrons. The van der Waals surface area contributed by atoms with Crippen LogP contribution in [0.1, 0.15) is 12.5 Å². The minimum Gasteiger partial charge on any atom is -0.496 e. The lowest BCUT2D eigenvalue weighted by Crippen LogP contribution is -1.88. The highest BCUT2D eigenvalue weighted by atomic mass is 16.5. The second kappa shape index (κ2) is 4.32. The molecule has 0 N–H and O–H groups in total. The van der Waals surface area contributed by atoms with E-state index in [9.17, 15) is 0 Å². The molecule has 0 amide bonds. The van der Waals surface area contributed by atoms with E-state index in [1.54, 1.807) is 7.11 Å². The van der Waals surface area contributed by atoms with E-state index in [-0.39, 0.29) is 0 Å². The van der Waals surface area contributed by atoms with Crippen molar-refractivity contribution in [3.05, 3.63) is 35.9 Å². The van der Waals surface area contributed by atoms with Crippen LogP contribution in [0.4, 0.5) is 0 Å². The molecular formula is C11H11NO. The average molecular weight is 173 g/mol. The fourth-order valence-electron chi connectivity index (χ4n) is 1.14. The number of para-hydroxylation sites is 1. The Morgan fingerprint density at radius 1 is 1.46 bits per heavy atom. The van der Waals surface area contributed by atoms with E-state index >= 15 is 0 Å². The van der Waals surface area contributed by atoms with Crippen molar-refractivity contribution < 1.29 is 4.74 Å². The number of benzene rings is 1. The molecule has 1 rings (SSSR count).